The van der Waals surface area contributed by atoms with Gasteiger partial charge < -0.3 is 5.32 Å². The molecular weight excluding hydrogens is 395 g/mol. The predicted molar refractivity (Wildman–Crippen MR) is 137 cm³/mol. The lowest BCUT2D eigenvalue weighted by Gasteiger charge is -2.17. The molecule has 32 heavy (non-hydrogen) atoms. The molecule has 0 fully saturated rings. The summed E-state index contributed by atoms with van der Waals surface area (Å²) in [6.07, 6.45) is 9.93. The fourth-order valence-corrected chi connectivity index (χ4v) is 3.63. The molecule has 0 radical (unpaired) electrons. The molecule has 1 aliphatic rings. The average molecular weight is 429 g/mol. The van der Waals surface area contributed by atoms with Crippen LogP contribution in [0, 0.1) is 5.82 Å². The third-order valence-corrected chi connectivity index (χ3v) is 5.29. The van der Waals surface area contributed by atoms with E-state index in [0.29, 0.717) is 6.04 Å². The molecule has 0 bridgehead atoms. The molecule has 2 nitrogen and oxygen atoms in total. The Labute approximate surface area is 192 Å². The average Bonchev–Trinajstić information content (AvgIpc) is 3.21. The zero-order chi connectivity index (χ0) is 23.5. The predicted octanol–water partition coefficient (Wildman–Crippen LogP) is 7.22. The molecule has 2 aromatic rings. The first-order chi connectivity index (χ1) is 15.5. The van der Waals surface area contributed by atoms with Crippen molar-refractivity contribution >= 4 is 11.4 Å². The summed E-state index contributed by atoms with van der Waals surface area (Å²) in [5.74, 6) is -0.257. The van der Waals surface area contributed by atoms with Crippen molar-refractivity contribution in [1.29, 1.82) is 0 Å². The van der Waals surface area contributed by atoms with Gasteiger partial charge in [-0.3, -0.25) is 4.99 Å². The van der Waals surface area contributed by atoms with Crippen LogP contribution in [0.5, 0.6) is 0 Å². The lowest BCUT2D eigenvalue weighted by atomic mass is 10.1. The van der Waals surface area contributed by atoms with E-state index in [1.54, 1.807) is 12.1 Å². The first-order valence-corrected chi connectivity index (χ1v) is 10.8. The second kappa shape index (κ2) is 12.4. The van der Waals surface area contributed by atoms with Gasteiger partial charge in [-0.25, -0.2) is 4.39 Å². The highest BCUT2D eigenvalue weighted by Gasteiger charge is 2.21. The fraction of sp³-hybridized carbons (Fsp3) is 0.207. The van der Waals surface area contributed by atoms with Crippen molar-refractivity contribution in [3.63, 3.8) is 0 Å². The molecule has 0 aliphatic heterocycles. The van der Waals surface area contributed by atoms with Gasteiger partial charge in [0.05, 0.1) is 11.4 Å². The van der Waals surface area contributed by atoms with Crippen LogP contribution in [0.15, 0.2) is 109 Å². The molecule has 0 spiro atoms. The van der Waals surface area contributed by atoms with E-state index in [-0.39, 0.29) is 5.82 Å². The van der Waals surface area contributed by atoms with E-state index in [2.05, 4.69) is 49.3 Å². The van der Waals surface area contributed by atoms with Gasteiger partial charge in [-0.2, -0.15) is 0 Å². The number of rotatable bonds is 7. The minimum absolute atomic E-state index is 0.257. The molecule has 0 saturated carbocycles. The number of fused-ring (bicyclic) bond motifs is 1. The third-order valence-electron chi connectivity index (χ3n) is 5.29. The number of benzene rings is 2. The zero-order valence-corrected chi connectivity index (χ0v) is 19.4. The molecule has 1 N–H and O–H groups in total. The number of hydrogen-bond donors (Lipinski definition) is 1. The minimum atomic E-state index is -0.257. The molecule has 166 valence electrons. The lowest BCUT2D eigenvalue weighted by molar-refractivity contribution is 0.610. The molecule has 0 saturated heterocycles. The number of hydrogen-bond acceptors (Lipinski definition) is 2. The summed E-state index contributed by atoms with van der Waals surface area (Å²) in [4.78, 5) is 4.88. The number of nitrogens with one attached hydrogen (secondary N) is 1. The van der Waals surface area contributed by atoms with E-state index in [4.69, 9.17) is 4.99 Å². The summed E-state index contributed by atoms with van der Waals surface area (Å²) in [6, 6.07) is 15.3. The van der Waals surface area contributed by atoms with Crippen LogP contribution in [0.1, 0.15) is 37.5 Å². The number of aliphatic imine (C=N–C) groups is 1. The van der Waals surface area contributed by atoms with Crippen LogP contribution < -0.4 is 5.32 Å². The summed E-state index contributed by atoms with van der Waals surface area (Å²) < 4.78 is 13.4. The molecular formula is C29H33FN2. The highest BCUT2D eigenvalue weighted by Crippen LogP contribution is 2.24. The molecule has 3 heteroatoms. The first-order valence-electron chi connectivity index (χ1n) is 10.8. The Kier molecular flexibility index (Phi) is 9.62. The first kappa shape index (κ1) is 24.8. The maximum Gasteiger partial charge on any atom is 0.123 e. The maximum absolute atomic E-state index is 13.4. The van der Waals surface area contributed by atoms with Crippen molar-refractivity contribution in [2.45, 2.75) is 39.7 Å². The smallest absolute Gasteiger partial charge is 0.123 e. The molecule has 0 unspecified atom stereocenters. The van der Waals surface area contributed by atoms with E-state index in [1.165, 1.54) is 23.3 Å². The van der Waals surface area contributed by atoms with Crippen molar-refractivity contribution in [2.75, 3.05) is 0 Å². The molecule has 2 aromatic carbocycles. The minimum Gasteiger partial charge on any atom is -0.381 e. The van der Waals surface area contributed by atoms with Gasteiger partial charge in [-0.15, -0.1) is 13.2 Å². The zero-order valence-electron chi connectivity index (χ0n) is 19.4. The van der Waals surface area contributed by atoms with Crippen molar-refractivity contribution in [3.8, 4) is 0 Å². The van der Waals surface area contributed by atoms with Gasteiger partial charge in [0.25, 0.3) is 0 Å². The Morgan fingerprint density at radius 2 is 1.59 bits per heavy atom. The van der Waals surface area contributed by atoms with Crippen LogP contribution in [0.3, 0.4) is 0 Å². The fourth-order valence-electron chi connectivity index (χ4n) is 3.63. The summed E-state index contributed by atoms with van der Waals surface area (Å²) >= 11 is 0. The summed E-state index contributed by atoms with van der Waals surface area (Å²) in [5.41, 5.74) is 7.12. The van der Waals surface area contributed by atoms with Gasteiger partial charge in [-0.05, 0) is 74.6 Å². The van der Waals surface area contributed by atoms with E-state index in [1.807, 2.05) is 45.1 Å². The Morgan fingerprint density at radius 1 is 1.00 bits per heavy atom. The van der Waals surface area contributed by atoms with Gasteiger partial charge in [0.2, 0.25) is 0 Å². The number of nitrogens with zero attached hydrogens (tertiary/aromatic N) is 1. The Bertz CT molecular complexity index is 1010. The second-order valence-electron chi connectivity index (χ2n) is 7.62. The third kappa shape index (κ3) is 6.78. The second-order valence-corrected chi connectivity index (χ2v) is 7.62. The Morgan fingerprint density at radius 3 is 2.16 bits per heavy atom. The molecule has 0 heterocycles. The van der Waals surface area contributed by atoms with Crippen LogP contribution in [0.2, 0.25) is 0 Å². The van der Waals surface area contributed by atoms with E-state index in [9.17, 15) is 4.39 Å². The summed E-state index contributed by atoms with van der Waals surface area (Å²) in [6.45, 7) is 16.2. The highest BCUT2D eigenvalue weighted by molar-refractivity contribution is 6.00. The maximum atomic E-state index is 13.4. The van der Waals surface area contributed by atoms with Gasteiger partial charge >= 0.3 is 0 Å². The van der Waals surface area contributed by atoms with Crippen LogP contribution in [-0.4, -0.2) is 11.8 Å². The van der Waals surface area contributed by atoms with Gasteiger partial charge in [-0.1, -0.05) is 55.1 Å². The molecule has 0 amide bonds. The molecule has 1 aliphatic carbocycles. The van der Waals surface area contributed by atoms with Crippen LogP contribution in [0.25, 0.3) is 5.70 Å². The van der Waals surface area contributed by atoms with Crippen molar-refractivity contribution in [1.82, 2.24) is 5.32 Å². The Hall–Kier alpha value is -3.46. The molecule has 3 rings (SSSR count). The SMILES string of the molecule is C=C.C=C(NC1Cc2ccccc2C1)C(C)=N/C(=C(C)/C=C\C=C/C)c1ccc(F)cc1. The molecule has 0 aromatic heterocycles. The van der Waals surface area contributed by atoms with Crippen molar-refractivity contribution in [3.05, 3.63) is 126 Å². The standard InChI is InChI=1S/C27H29FN2.C2H4/c1-5-6-7-10-19(2)27(22-13-15-25(28)16-14-22)30-21(4)20(3)29-26-17-23-11-8-9-12-24(23)18-26;1-2/h5-16,26,29H,3,17-18H2,1-2,4H3;1-2H2/b6-5-,10-7-,27-19+,30-21?;. The largest absolute Gasteiger partial charge is 0.381 e. The van der Waals surface area contributed by atoms with Crippen LogP contribution in [-0.2, 0) is 12.8 Å². The number of allylic oxidation sites excluding steroid dienone is 6. The highest BCUT2D eigenvalue weighted by atomic mass is 19.1. The van der Waals surface area contributed by atoms with Gasteiger partial charge in [0.15, 0.2) is 0 Å². The van der Waals surface area contributed by atoms with E-state index < -0.39 is 0 Å². The summed E-state index contributed by atoms with van der Waals surface area (Å²) in [7, 11) is 0. The monoisotopic (exact) mass is 428 g/mol. The normalized spacial score (nSPS) is 14.7. The van der Waals surface area contributed by atoms with Gasteiger partial charge in [0.1, 0.15) is 5.82 Å². The van der Waals surface area contributed by atoms with Gasteiger partial charge in [0, 0.05) is 17.3 Å². The lowest BCUT2D eigenvalue weighted by Crippen LogP contribution is -2.31. The van der Waals surface area contributed by atoms with Crippen LogP contribution >= 0.6 is 0 Å². The molecule has 0 atom stereocenters. The van der Waals surface area contributed by atoms with Crippen molar-refractivity contribution < 1.29 is 4.39 Å². The van der Waals surface area contributed by atoms with Crippen molar-refractivity contribution in [2.24, 2.45) is 4.99 Å². The summed E-state index contributed by atoms with van der Waals surface area (Å²) in [5, 5.41) is 3.55. The Balaban J connectivity index is 0.00000176. The number of halogens is 1. The quantitative estimate of drug-likeness (QED) is 0.281. The van der Waals surface area contributed by atoms with E-state index in [0.717, 1.165) is 41.1 Å². The van der Waals surface area contributed by atoms with Crippen LogP contribution in [0.4, 0.5) is 4.39 Å². The topological polar surface area (TPSA) is 24.4 Å². The van der Waals surface area contributed by atoms with E-state index >= 15 is 0 Å².